The first-order chi connectivity index (χ1) is 14.8. The number of carbonyl (C=O) groups is 2. The molecule has 8 heteroatoms. The summed E-state index contributed by atoms with van der Waals surface area (Å²) in [7, 11) is 1.32. The molecule has 4 aromatic rings. The number of thiophene rings is 2. The quantitative estimate of drug-likeness (QED) is 0.396. The molecule has 0 atom stereocenters. The summed E-state index contributed by atoms with van der Waals surface area (Å²) in [4.78, 5) is 31.4. The molecule has 0 saturated heterocycles. The summed E-state index contributed by atoms with van der Waals surface area (Å²) in [5.74, 6) is -0.884. The molecule has 4 rings (SSSR count). The predicted molar refractivity (Wildman–Crippen MR) is 127 cm³/mol. The number of esters is 1. The van der Waals surface area contributed by atoms with Crippen LogP contribution in [-0.2, 0) is 4.74 Å². The zero-order chi connectivity index (χ0) is 22.3. The number of fused-ring (bicyclic) bond motifs is 1. The van der Waals surface area contributed by atoms with E-state index in [1.54, 1.807) is 0 Å². The highest BCUT2D eigenvalue weighted by atomic mass is 32.1. The predicted octanol–water partition coefficient (Wildman–Crippen LogP) is 5.57. The minimum absolute atomic E-state index is 0.327. The van der Waals surface area contributed by atoms with Crippen LogP contribution in [0.1, 0.15) is 36.9 Å². The van der Waals surface area contributed by atoms with E-state index < -0.39 is 5.97 Å². The molecule has 158 valence electrons. The molecule has 0 aliphatic rings. The summed E-state index contributed by atoms with van der Waals surface area (Å²) in [5, 5.41) is 5.93. The molecule has 1 aromatic carbocycles. The third kappa shape index (κ3) is 3.58. The summed E-state index contributed by atoms with van der Waals surface area (Å²) in [6.45, 7) is 5.92. The number of pyridine rings is 1. The van der Waals surface area contributed by atoms with Gasteiger partial charge < -0.3 is 15.8 Å². The Balaban J connectivity index is 1.76. The first kappa shape index (κ1) is 21.0. The van der Waals surface area contributed by atoms with Crippen molar-refractivity contribution in [1.82, 2.24) is 4.98 Å². The van der Waals surface area contributed by atoms with Crippen molar-refractivity contribution in [1.29, 1.82) is 0 Å². The zero-order valence-electron chi connectivity index (χ0n) is 17.5. The lowest BCUT2D eigenvalue weighted by molar-refractivity contribution is 0.0603. The lowest BCUT2D eigenvalue weighted by atomic mass is 10.0. The first-order valence-electron chi connectivity index (χ1n) is 9.55. The average molecular weight is 452 g/mol. The van der Waals surface area contributed by atoms with Crippen molar-refractivity contribution < 1.29 is 14.3 Å². The summed E-state index contributed by atoms with van der Waals surface area (Å²) < 4.78 is 4.98. The van der Waals surface area contributed by atoms with Crippen LogP contribution in [0.4, 0.5) is 10.7 Å². The number of nitrogen functional groups attached to an aromatic ring is 1. The van der Waals surface area contributed by atoms with E-state index in [-0.39, 0.29) is 5.91 Å². The third-order valence-electron chi connectivity index (χ3n) is 5.37. The monoisotopic (exact) mass is 451 g/mol. The number of nitrogens with zero attached hydrogens (tertiary/aromatic N) is 1. The Hall–Kier alpha value is -3.23. The molecule has 0 aliphatic carbocycles. The molecule has 0 saturated carbocycles. The molecule has 6 nitrogen and oxygen atoms in total. The highest BCUT2D eigenvalue weighted by molar-refractivity contribution is 7.21. The summed E-state index contributed by atoms with van der Waals surface area (Å²) >= 11 is 2.53. The van der Waals surface area contributed by atoms with Crippen molar-refractivity contribution in [2.45, 2.75) is 20.8 Å². The highest BCUT2D eigenvalue weighted by Crippen LogP contribution is 2.39. The minimum atomic E-state index is -0.511. The molecule has 1 amide bonds. The molecule has 31 heavy (non-hydrogen) atoms. The molecule has 0 spiro atoms. The van der Waals surface area contributed by atoms with Crippen molar-refractivity contribution in [2.24, 2.45) is 0 Å². The molecule has 0 bridgehead atoms. The second kappa shape index (κ2) is 8.13. The van der Waals surface area contributed by atoms with Gasteiger partial charge in [-0.2, -0.15) is 0 Å². The number of hydrogen-bond acceptors (Lipinski definition) is 7. The van der Waals surface area contributed by atoms with Gasteiger partial charge in [-0.3, -0.25) is 4.79 Å². The van der Waals surface area contributed by atoms with E-state index in [1.807, 2.05) is 56.5 Å². The third-order valence-corrected chi connectivity index (χ3v) is 7.37. The Morgan fingerprint density at radius 2 is 1.81 bits per heavy atom. The second-order valence-corrected chi connectivity index (χ2v) is 9.02. The van der Waals surface area contributed by atoms with Gasteiger partial charge in [0.1, 0.15) is 20.3 Å². The fourth-order valence-electron chi connectivity index (χ4n) is 3.48. The van der Waals surface area contributed by atoms with Crippen LogP contribution in [0.3, 0.4) is 0 Å². The van der Waals surface area contributed by atoms with Gasteiger partial charge >= 0.3 is 5.97 Å². The van der Waals surface area contributed by atoms with E-state index in [4.69, 9.17) is 10.5 Å². The van der Waals surface area contributed by atoms with Gasteiger partial charge in [-0.05, 0) is 37.5 Å². The van der Waals surface area contributed by atoms with Gasteiger partial charge in [-0.25, -0.2) is 9.78 Å². The zero-order valence-corrected chi connectivity index (χ0v) is 19.2. The largest absolute Gasteiger partial charge is 0.465 e. The van der Waals surface area contributed by atoms with Gasteiger partial charge in [-0.1, -0.05) is 30.3 Å². The number of methoxy groups -OCH3 is 1. The lowest BCUT2D eigenvalue weighted by Crippen LogP contribution is -2.14. The van der Waals surface area contributed by atoms with E-state index in [0.29, 0.717) is 26.7 Å². The van der Waals surface area contributed by atoms with Gasteiger partial charge in [0.25, 0.3) is 5.91 Å². The van der Waals surface area contributed by atoms with Crippen molar-refractivity contribution >= 4 is 55.5 Å². The lowest BCUT2D eigenvalue weighted by Gasteiger charge is -2.08. The Morgan fingerprint density at radius 3 is 2.48 bits per heavy atom. The Kier molecular flexibility index (Phi) is 5.51. The van der Waals surface area contributed by atoms with Crippen molar-refractivity contribution in [3.63, 3.8) is 0 Å². The fourth-order valence-corrected chi connectivity index (χ4v) is 5.53. The molecule has 0 unspecified atom stereocenters. The van der Waals surface area contributed by atoms with E-state index >= 15 is 0 Å². The standard InChI is InChI=1S/C23H21N3O3S2/c1-11-12(2)16-18(24)19(31-22(16)25-13(11)3)20(27)26-21-17(23(28)29-4)15(10-30-21)14-8-6-5-7-9-14/h5-10H,24H2,1-4H3,(H,26,27). The number of amides is 1. The van der Waals surface area contributed by atoms with E-state index in [0.717, 1.165) is 32.6 Å². The van der Waals surface area contributed by atoms with Crippen LogP contribution in [0.25, 0.3) is 21.3 Å². The molecular formula is C23H21N3O3S2. The first-order valence-corrected chi connectivity index (χ1v) is 11.3. The molecular weight excluding hydrogens is 430 g/mol. The van der Waals surface area contributed by atoms with Crippen molar-refractivity contribution in [3.05, 3.63) is 63.0 Å². The molecule has 3 aromatic heterocycles. The number of rotatable bonds is 4. The van der Waals surface area contributed by atoms with Gasteiger partial charge in [-0.15, -0.1) is 22.7 Å². The molecule has 0 aliphatic heterocycles. The minimum Gasteiger partial charge on any atom is -0.465 e. The van der Waals surface area contributed by atoms with Gasteiger partial charge in [0.2, 0.25) is 0 Å². The van der Waals surface area contributed by atoms with Crippen LogP contribution in [0.5, 0.6) is 0 Å². The Bertz CT molecular complexity index is 1320. The maximum atomic E-state index is 13.1. The van der Waals surface area contributed by atoms with Gasteiger partial charge in [0.15, 0.2) is 0 Å². The molecule has 3 N–H and O–H groups in total. The molecule has 0 fully saturated rings. The van der Waals surface area contributed by atoms with Gasteiger partial charge in [0.05, 0.1) is 12.8 Å². The number of hydrogen-bond donors (Lipinski definition) is 2. The Labute approximate surface area is 187 Å². The van der Waals surface area contributed by atoms with Crippen LogP contribution in [0.15, 0.2) is 35.7 Å². The normalized spacial score (nSPS) is 11.0. The summed E-state index contributed by atoms with van der Waals surface area (Å²) in [6.07, 6.45) is 0. The maximum Gasteiger partial charge on any atom is 0.341 e. The maximum absolute atomic E-state index is 13.1. The second-order valence-electron chi connectivity index (χ2n) is 7.14. The van der Waals surface area contributed by atoms with E-state index in [1.165, 1.54) is 29.8 Å². The van der Waals surface area contributed by atoms with Crippen LogP contribution < -0.4 is 11.1 Å². The SMILES string of the molecule is COC(=O)c1c(-c2ccccc2)csc1NC(=O)c1sc2nc(C)c(C)c(C)c2c1N. The van der Waals surface area contributed by atoms with E-state index in [2.05, 4.69) is 10.3 Å². The van der Waals surface area contributed by atoms with Crippen LogP contribution in [0, 0.1) is 20.8 Å². The smallest absolute Gasteiger partial charge is 0.341 e. The number of ether oxygens (including phenoxy) is 1. The number of anilines is 2. The van der Waals surface area contributed by atoms with Gasteiger partial charge in [0, 0.05) is 22.0 Å². The van der Waals surface area contributed by atoms with E-state index in [9.17, 15) is 9.59 Å². The number of benzene rings is 1. The topological polar surface area (TPSA) is 94.3 Å². The average Bonchev–Trinajstić information content (AvgIpc) is 3.33. The molecule has 0 radical (unpaired) electrons. The summed E-state index contributed by atoms with van der Waals surface area (Å²) in [5.41, 5.74) is 11.7. The molecule has 3 heterocycles. The highest BCUT2D eigenvalue weighted by Gasteiger charge is 2.25. The summed E-state index contributed by atoms with van der Waals surface area (Å²) in [6, 6.07) is 9.50. The van der Waals surface area contributed by atoms with Crippen LogP contribution in [0.2, 0.25) is 0 Å². The number of nitrogens with one attached hydrogen (secondary N) is 1. The van der Waals surface area contributed by atoms with Crippen molar-refractivity contribution in [2.75, 3.05) is 18.2 Å². The van der Waals surface area contributed by atoms with Crippen LogP contribution in [-0.4, -0.2) is 24.0 Å². The van der Waals surface area contributed by atoms with Crippen LogP contribution >= 0.6 is 22.7 Å². The van der Waals surface area contributed by atoms with Crippen molar-refractivity contribution in [3.8, 4) is 11.1 Å². The fraction of sp³-hybridized carbons (Fsp3) is 0.174. The Morgan fingerprint density at radius 1 is 1.10 bits per heavy atom. The number of aromatic nitrogens is 1. The number of aryl methyl sites for hydroxylation is 2. The number of nitrogens with two attached hydrogens (primary N) is 1. The number of carbonyl (C=O) groups excluding carboxylic acids is 2.